The highest BCUT2D eigenvalue weighted by Crippen LogP contribution is 2.22. The van der Waals surface area contributed by atoms with E-state index in [1.165, 1.54) is 12.2 Å². The zero-order valence-corrected chi connectivity index (χ0v) is 14.4. The molecule has 5 nitrogen and oxygen atoms in total. The number of para-hydroxylation sites is 1. The molecule has 1 aromatic carbocycles. The average molecular weight is 388 g/mol. The van der Waals surface area contributed by atoms with Crippen LogP contribution in [0.1, 0.15) is 21.8 Å². The van der Waals surface area contributed by atoms with Crippen LogP contribution in [0.3, 0.4) is 0 Å². The van der Waals surface area contributed by atoms with E-state index in [9.17, 15) is 9.59 Å². The van der Waals surface area contributed by atoms with Gasteiger partial charge in [0.2, 0.25) is 5.78 Å². The van der Waals surface area contributed by atoms with Crippen molar-refractivity contribution in [2.24, 2.45) is 0 Å². The molecule has 1 N–H and O–H groups in total. The minimum absolute atomic E-state index is 0.243. The molecule has 6 heteroatoms. The van der Waals surface area contributed by atoms with E-state index < -0.39 is 5.97 Å². The number of aryl methyl sites for hydroxylation is 1. The number of esters is 1. The highest BCUT2D eigenvalue weighted by molar-refractivity contribution is 9.10. The second kappa shape index (κ2) is 6.88. The van der Waals surface area contributed by atoms with Crippen LogP contribution in [0.15, 0.2) is 51.6 Å². The summed E-state index contributed by atoms with van der Waals surface area (Å²) in [4.78, 5) is 27.3. The van der Waals surface area contributed by atoms with Crippen LogP contribution in [0, 0.1) is 6.92 Å². The normalized spacial score (nSPS) is 11.2. The molecule has 2 heterocycles. The number of hydrogen-bond donors (Lipinski definition) is 1. The Kier molecular flexibility index (Phi) is 4.66. The summed E-state index contributed by atoms with van der Waals surface area (Å²) in [6, 6.07) is 10.9. The third-order valence-electron chi connectivity index (χ3n) is 3.50. The Bertz CT molecular complexity index is 936. The molecule has 0 aliphatic carbocycles. The number of benzene rings is 1. The van der Waals surface area contributed by atoms with Gasteiger partial charge in [-0.15, -0.1) is 0 Å². The Morgan fingerprint density at radius 1 is 1.25 bits per heavy atom. The van der Waals surface area contributed by atoms with Crippen LogP contribution >= 0.6 is 15.9 Å². The Balaban J connectivity index is 1.65. The van der Waals surface area contributed by atoms with Gasteiger partial charge in [-0.1, -0.05) is 18.2 Å². The summed E-state index contributed by atoms with van der Waals surface area (Å²) in [6.45, 7) is 1.51. The van der Waals surface area contributed by atoms with Gasteiger partial charge in [-0.2, -0.15) is 0 Å². The summed E-state index contributed by atoms with van der Waals surface area (Å²) in [5, 5.41) is 0.826. The fraction of sp³-hybridized carbons (Fsp3) is 0.111. The molecule has 0 radical (unpaired) electrons. The van der Waals surface area contributed by atoms with E-state index in [2.05, 4.69) is 20.9 Å². The number of aromatic nitrogens is 1. The van der Waals surface area contributed by atoms with Crippen LogP contribution in [0.4, 0.5) is 0 Å². The molecule has 0 fully saturated rings. The number of H-pyrrole nitrogens is 1. The molecular formula is C18H14BrNO4. The van der Waals surface area contributed by atoms with Crippen molar-refractivity contribution in [3.8, 4) is 0 Å². The summed E-state index contributed by atoms with van der Waals surface area (Å²) in [5.74, 6) is -0.335. The molecule has 0 saturated heterocycles. The van der Waals surface area contributed by atoms with Gasteiger partial charge < -0.3 is 14.1 Å². The van der Waals surface area contributed by atoms with E-state index in [1.54, 1.807) is 12.1 Å². The topological polar surface area (TPSA) is 72.3 Å². The summed E-state index contributed by atoms with van der Waals surface area (Å²) in [7, 11) is 0. The number of rotatable bonds is 5. The largest absolute Gasteiger partial charge is 0.454 e. The first-order valence-electron chi connectivity index (χ1n) is 7.25. The van der Waals surface area contributed by atoms with Gasteiger partial charge >= 0.3 is 5.97 Å². The molecule has 0 aliphatic rings. The quantitative estimate of drug-likeness (QED) is 0.403. The second-order valence-corrected chi connectivity index (χ2v) is 5.96. The van der Waals surface area contributed by atoms with Gasteiger partial charge in [0.1, 0.15) is 5.76 Å². The maximum Gasteiger partial charge on any atom is 0.331 e. The number of fused-ring (bicyclic) bond motifs is 1. The number of carbonyl (C=O) groups is 2. The summed E-state index contributed by atoms with van der Waals surface area (Å²) in [5.41, 5.74) is 2.19. The van der Waals surface area contributed by atoms with Crippen molar-refractivity contribution in [2.45, 2.75) is 6.92 Å². The van der Waals surface area contributed by atoms with Gasteiger partial charge in [-0.25, -0.2) is 4.79 Å². The van der Waals surface area contributed by atoms with Crippen LogP contribution < -0.4 is 0 Å². The van der Waals surface area contributed by atoms with Crippen LogP contribution in [0.2, 0.25) is 0 Å². The third kappa shape index (κ3) is 3.49. The lowest BCUT2D eigenvalue weighted by Crippen LogP contribution is -2.13. The van der Waals surface area contributed by atoms with Crippen molar-refractivity contribution in [1.82, 2.24) is 4.98 Å². The smallest absolute Gasteiger partial charge is 0.331 e. The summed E-state index contributed by atoms with van der Waals surface area (Å²) < 4.78 is 10.8. The van der Waals surface area contributed by atoms with E-state index in [0.717, 1.165) is 16.6 Å². The number of Topliss-reactive ketones (excluding diaryl/α,β-unsaturated/α-hetero) is 1. The number of hydrogen-bond acceptors (Lipinski definition) is 4. The van der Waals surface area contributed by atoms with Gasteiger partial charge in [0.15, 0.2) is 11.3 Å². The van der Waals surface area contributed by atoms with E-state index >= 15 is 0 Å². The maximum atomic E-state index is 12.4. The third-order valence-corrected chi connectivity index (χ3v) is 3.92. The molecule has 0 amide bonds. The van der Waals surface area contributed by atoms with E-state index in [0.29, 0.717) is 16.0 Å². The van der Waals surface area contributed by atoms with Gasteiger partial charge in [-0.05, 0) is 47.1 Å². The van der Waals surface area contributed by atoms with Crippen molar-refractivity contribution in [3.63, 3.8) is 0 Å². The van der Waals surface area contributed by atoms with Crippen LogP contribution in [0.5, 0.6) is 0 Å². The standard InChI is InChI=1S/C18H14BrNO4/c1-11-18(13-4-2-3-5-14(13)20-11)15(21)10-23-17(22)9-7-12-6-8-16(19)24-12/h2-9,20H,10H2,1H3/b9-7+. The molecule has 0 spiro atoms. The number of ketones is 1. The fourth-order valence-electron chi connectivity index (χ4n) is 2.46. The lowest BCUT2D eigenvalue weighted by Gasteiger charge is -2.02. The van der Waals surface area contributed by atoms with Crippen LogP contribution in [0.25, 0.3) is 17.0 Å². The predicted molar refractivity (Wildman–Crippen MR) is 93.8 cm³/mol. The van der Waals surface area contributed by atoms with Crippen molar-refractivity contribution >= 4 is 44.7 Å². The van der Waals surface area contributed by atoms with E-state index in [1.807, 2.05) is 31.2 Å². The number of halogens is 1. The van der Waals surface area contributed by atoms with Gasteiger partial charge in [0.05, 0.1) is 0 Å². The maximum absolute atomic E-state index is 12.4. The zero-order valence-electron chi connectivity index (χ0n) is 12.8. The first-order chi connectivity index (χ1) is 11.5. The molecular weight excluding hydrogens is 374 g/mol. The SMILES string of the molecule is Cc1[nH]c2ccccc2c1C(=O)COC(=O)/C=C/c1ccc(Br)o1. The summed E-state index contributed by atoms with van der Waals surface area (Å²) in [6.07, 6.45) is 2.70. The van der Waals surface area contributed by atoms with Gasteiger partial charge in [0, 0.05) is 28.2 Å². The Morgan fingerprint density at radius 2 is 2.04 bits per heavy atom. The minimum Gasteiger partial charge on any atom is -0.454 e. The second-order valence-electron chi connectivity index (χ2n) is 5.18. The Morgan fingerprint density at radius 3 is 2.79 bits per heavy atom. The molecule has 0 unspecified atom stereocenters. The molecule has 0 bridgehead atoms. The first kappa shape index (κ1) is 16.3. The summed E-state index contributed by atoms with van der Waals surface area (Å²) >= 11 is 3.17. The van der Waals surface area contributed by atoms with Crippen molar-refractivity contribution in [3.05, 3.63) is 64.2 Å². The number of furan rings is 1. The van der Waals surface area contributed by atoms with Crippen LogP contribution in [-0.2, 0) is 9.53 Å². The highest BCUT2D eigenvalue weighted by atomic mass is 79.9. The molecule has 3 rings (SSSR count). The molecule has 2 aromatic heterocycles. The molecule has 24 heavy (non-hydrogen) atoms. The molecule has 0 saturated carbocycles. The Hall–Kier alpha value is -2.60. The van der Waals surface area contributed by atoms with Crippen molar-refractivity contribution in [1.29, 1.82) is 0 Å². The van der Waals surface area contributed by atoms with Crippen LogP contribution in [-0.4, -0.2) is 23.3 Å². The fourth-order valence-corrected chi connectivity index (χ4v) is 2.78. The number of carbonyl (C=O) groups excluding carboxylic acids is 2. The number of nitrogens with one attached hydrogen (secondary N) is 1. The molecule has 122 valence electrons. The van der Waals surface area contributed by atoms with Crippen molar-refractivity contribution in [2.75, 3.05) is 6.61 Å². The average Bonchev–Trinajstić information content (AvgIpc) is 3.12. The van der Waals surface area contributed by atoms with E-state index in [4.69, 9.17) is 9.15 Å². The monoisotopic (exact) mass is 387 g/mol. The van der Waals surface area contributed by atoms with Gasteiger partial charge in [0.25, 0.3) is 0 Å². The van der Waals surface area contributed by atoms with Crippen molar-refractivity contribution < 1.29 is 18.7 Å². The highest BCUT2D eigenvalue weighted by Gasteiger charge is 2.16. The van der Waals surface area contributed by atoms with Gasteiger partial charge in [-0.3, -0.25) is 4.79 Å². The first-order valence-corrected chi connectivity index (χ1v) is 8.04. The number of ether oxygens (including phenoxy) is 1. The molecule has 0 aliphatic heterocycles. The lowest BCUT2D eigenvalue weighted by atomic mass is 10.1. The zero-order chi connectivity index (χ0) is 17.1. The lowest BCUT2D eigenvalue weighted by molar-refractivity contribution is -0.136. The molecule has 3 aromatic rings. The van der Waals surface area contributed by atoms with E-state index in [-0.39, 0.29) is 12.4 Å². The molecule has 0 atom stereocenters. The predicted octanol–water partition coefficient (Wildman–Crippen LogP) is 4.27. The minimum atomic E-state index is -0.603. The number of aromatic amines is 1. The Labute approximate surface area is 146 Å².